The minimum atomic E-state index is -0.641. The van der Waals surface area contributed by atoms with Crippen molar-refractivity contribution in [1.82, 2.24) is 0 Å². The molecule has 0 spiro atoms. The highest BCUT2D eigenvalue weighted by Crippen LogP contribution is 2.36. The van der Waals surface area contributed by atoms with Crippen molar-refractivity contribution in [2.24, 2.45) is 0 Å². The highest BCUT2D eigenvalue weighted by Gasteiger charge is 2.25. The van der Waals surface area contributed by atoms with Crippen LogP contribution in [0.1, 0.15) is 95.6 Å². The van der Waals surface area contributed by atoms with Gasteiger partial charge in [-0.15, -0.1) is 0 Å². The molecule has 0 aliphatic rings. The second-order valence-corrected chi connectivity index (χ2v) is 14.7. The van der Waals surface area contributed by atoms with Crippen molar-refractivity contribution in [1.29, 1.82) is 0 Å². The molecule has 8 heteroatoms. The topological polar surface area (TPSA) is 112 Å². The van der Waals surface area contributed by atoms with Gasteiger partial charge >= 0.3 is 11.9 Å². The lowest BCUT2D eigenvalue weighted by molar-refractivity contribution is 0.0459. The number of ether oxygens (including phenoxy) is 4. The minimum absolute atomic E-state index is 0.0544. The Labute approximate surface area is 305 Å². The van der Waals surface area contributed by atoms with E-state index in [1.165, 1.54) is 0 Å². The molecule has 0 heterocycles. The van der Waals surface area contributed by atoms with Crippen molar-refractivity contribution < 1.29 is 38.7 Å². The zero-order valence-electron chi connectivity index (χ0n) is 30.6. The lowest BCUT2D eigenvalue weighted by Crippen LogP contribution is -2.15. The minimum Gasteiger partial charge on any atom is -0.507 e. The van der Waals surface area contributed by atoms with Crippen LogP contribution in [0.2, 0.25) is 0 Å². The molecule has 0 unspecified atom stereocenters. The third-order valence-electron chi connectivity index (χ3n) is 8.59. The number of hydrogen-bond acceptors (Lipinski definition) is 8. The van der Waals surface area contributed by atoms with Crippen LogP contribution >= 0.6 is 0 Å². The van der Waals surface area contributed by atoms with Gasteiger partial charge in [-0.2, -0.15) is 0 Å². The number of esters is 2. The number of phenolic OH excluding ortho intramolecular Hbond substituents is 2. The molecule has 0 bridgehead atoms. The largest absolute Gasteiger partial charge is 0.507 e. The summed E-state index contributed by atoms with van der Waals surface area (Å²) < 4.78 is 23.5. The van der Waals surface area contributed by atoms with Crippen LogP contribution in [0.4, 0.5) is 0 Å². The first-order valence-electron chi connectivity index (χ1n) is 17.2. The summed E-state index contributed by atoms with van der Waals surface area (Å²) in [6.45, 7) is 12.1. The van der Waals surface area contributed by atoms with E-state index >= 15 is 0 Å². The molecule has 0 aromatic heterocycles. The molecular formula is C44H46O8. The van der Waals surface area contributed by atoms with Gasteiger partial charge in [-0.05, 0) is 69.5 Å². The molecule has 2 N–H and O–H groups in total. The lowest BCUT2D eigenvalue weighted by atomic mass is 9.84. The first kappa shape index (κ1) is 37.5. The monoisotopic (exact) mass is 702 g/mol. The predicted octanol–water partition coefficient (Wildman–Crippen LogP) is 9.56. The van der Waals surface area contributed by atoms with Crippen molar-refractivity contribution in [2.45, 2.75) is 78.8 Å². The van der Waals surface area contributed by atoms with E-state index in [4.69, 9.17) is 18.9 Å². The van der Waals surface area contributed by atoms with Crippen molar-refractivity contribution in [3.63, 3.8) is 0 Å². The summed E-state index contributed by atoms with van der Waals surface area (Å²) in [5.41, 5.74) is 3.56. The summed E-state index contributed by atoms with van der Waals surface area (Å²) in [7, 11) is 0. The van der Waals surface area contributed by atoms with Crippen molar-refractivity contribution >= 4 is 11.9 Å². The van der Waals surface area contributed by atoms with E-state index < -0.39 is 11.9 Å². The maximum absolute atomic E-state index is 13.2. The molecule has 0 atom stereocenters. The Bertz CT molecular complexity index is 1860. The van der Waals surface area contributed by atoms with Crippen LogP contribution in [-0.4, -0.2) is 22.2 Å². The normalized spacial score (nSPS) is 11.5. The van der Waals surface area contributed by atoms with Crippen LogP contribution in [0.15, 0.2) is 109 Å². The van der Waals surface area contributed by atoms with Gasteiger partial charge in [-0.1, -0.05) is 114 Å². The highest BCUT2D eigenvalue weighted by atomic mass is 16.5. The number of carbonyl (C=O) groups is 2. The van der Waals surface area contributed by atoms with E-state index in [1.807, 2.05) is 114 Å². The molecule has 0 aliphatic heterocycles. The Morgan fingerprint density at radius 3 is 1.19 bits per heavy atom. The van der Waals surface area contributed by atoms with Gasteiger partial charge in [0.2, 0.25) is 0 Å². The molecule has 270 valence electrons. The van der Waals surface area contributed by atoms with E-state index in [0.29, 0.717) is 22.6 Å². The van der Waals surface area contributed by atoms with Gasteiger partial charge in [0.1, 0.15) is 49.1 Å². The Balaban J connectivity index is 1.35. The second kappa shape index (κ2) is 16.1. The fraction of sp³-hybridized carbons (Fsp3) is 0.273. The SMILES string of the molecule is CC(C)(C)c1cc(COc2ccccc2OCc2cc(C(C)(C)C)cc(C(=O)OCc3ccccc3)c2O)c(O)c(C(=O)OCc2ccccc2)c1. The van der Waals surface area contributed by atoms with E-state index in [-0.39, 0.29) is 59.9 Å². The molecule has 0 aliphatic carbocycles. The summed E-state index contributed by atoms with van der Waals surface area (Å²) in [6, 6.07) is 32.7. The molecule has 5 aromatic carbocycles. The van der Waals surface area contributed by atoms with Crippen molar-refractivity contribution in [2.75, 3.05) is 0 Å². The van der Waals surface area contributed by atoms with Crippen LogP contribution < -0.4 is 9.47 Å². The average Bonchev–Trinajstić information content (AvgIpc) is 3.12. The molecule has 52 heavy (non-hydrogen) atoms. The number of hydrogen-bond donors (Lipinski definition) is 2. The quantitative estimate of drug-likeness (QED) is 0.124. The van der Waals surface area contributed by atoms with E-state index in [0.717, 1.165) is 22.3 Å². The van der Waals surface area contributed by atoms with Crippen molar-refractivity contribution in [3.8, 4) is 23.0 Å². The second-order valence-electron chi connectivity index (χ2n) is 14.7. The smallest absolute Gasteiger partial charge is 0.342 e. The number of carbonyl (C=O) groups excluding carboxylic acids is 2. The summed E-state index contributed by atoms with van der Waals surface area (Å²) in [4.78, 5) is 26.4. The summed E-state index contributed by atoms with van der Waals surface area (Å²) in [5.74, 6) is -0.966. The summed E-state index contributed by atoms with van der Waals surface area (Å²) >= 11 is 0. The summed E-state index contributed by atoms with van der Waals surface area (Å²) in [6.07, 6.45) is 0. The number of rotatable bonds is 12. The Kier molecular flexibility index (Phi) is 11.6. The van der Waals surface area contributed by atoms with Gasteiger partial charge < -0.3 is 29.2 Å². The maximum atomic E-state index is 13.2. The molecule has 0 radical (unpaired) electrons. The first-order valence-corrected chi connectivity index (χ1v) is 17.2. The van der Waals surface area contributed by atoms with Gasteiger partial charge in [0.15, 0.2) is 11.5 Å². The molecular weight excluding hydrogens is 656 g/mol. The molecule has 0 saturated carbocycles. The average molecular weight is 703 g/mol. The maximum Gasteiger partial charge on any atom is 0.342 e. The molecule has 8 nitrogen and oxygen atoms in total. The van der Waals surface area contributed by atoms with Gasteiger partial charge in [-0.25, -0.2) is 9.59 Å². The van der Waals surface area contributed by atoms with Crippen LogP contribution in [0.25, 0.3) is 0 Å². The van der Waals surface area contributed by atoms with Crippen LogP contribution in [0, 0.1) is 0 Å². The van der Waals surface area contributed by atoms with Gasteiger partial charge in [0.25, 0.3) is 0 Å². The predicted molar refractivity (Wildman–Crippen MR) is 200 cm³/mol. The molecule has 5 aromatic rings. The van der Waals surface area contributed by atoms with E-state index in [9.17, 15) is 19.8 Å². The Morgan fingerprint density at radius 1 is 0.500 bits per heavy atom. The van der Waals surface area contributed by atoms with Crippen LogP contribution in [0.5, 0.6) is 23.0 Å². The zero-order chi connectivity index (χ0) is 37.5. The molecule has 0 fully saturated rings. The third kappa shape index (κ3) is 9.51. The highest BCUT2D eigenvalue weighted by molar-refractivity contribution is 5.94. The van der Waals surface area contributed by atoms with E-state index in [2.05, 4.69) is 0 Å². The van der Waals surface area contributed by atoms with Gasteiger partial charge in [0, 0.05) is 11.1 Å². The fourth-order valence-electron chi connectivity index (χ4n) is 5.39. The van der Waals surface area contributed by atoms with Crippen LogP contribution in [-0.2, 0) is 46.7 Å². The standard InChI is InChI=1S/C44H46O8/c1-43(2,3)33-21-31(39(45)35(23-33)41(47)51-25-29-15-9-7-10-16-29)27-49-37-19-13-14-20-38(37)50-28-32-22-34(44(4,5)6)24-36(40(32)46)42(48)52-26-30-17-11-8-12-18-30/h7-24,45-46H,25-28H2,1-6H3. The lowest BCUT2D eigenvalue weighted by Gasteiger charge is -2.23. The third-order valence-corrected chi connectivity index (χ3v) is 8.59. The number of para-hydroxylation sites is 2. The Morgan fingerprint density at radius 2 is 0.846 bits per heavy atom. The zero-order valence-corrected chi connectivity index (χ0v) is 30.6. The number of phenols is 2. The number of aromatic hydroxyl groups is 2. The first-order chi connectivity index (χ1) is 24.7. The molecule has 0 amide bonds. The summed E-state index contributed by atoms with van der Waals surface area (Å²) in [5, 5.41) is 22.5. The van der Waals surface area contributed by atoms with Gasteiger partial charge in [0.05, 0.1) is 0 Å². The van der Waals surface area contributed by atoms with Crippen LogP contribution in [0.3, 0.4) is 0 Å². The van der Waals surface area contributed by atoms with Gasteiger partial charge in [-0.3, -0.25) is 0 Å². The van der Waals surface area contributed by atoms with E-state index in [1.54, 1.807) is 36.4 Å². The molecule has 0 saturated heterocycles. The molecule has 5 rings (SSSR count). The fourth-order valence-corrected chi connectivity index (χ4v) is 5.39. The Hall–Kier alpha value is -5.76. The number of benzene rings is 5. The van der Waals surface area contributed by atoms with Crippen molar-refractivity contribution in [3.05, 3.63) is 154 Å².